The molecule has 1 atom stereocenters. The molecule has 1 unspecified atom stereocenters. The Morgan fingerprint density at radius 2 is 1.50 bits per heavy atom. The molecule has 1 aliphatic rings. The number of carbonyl (C=O) groups is 6. The molecule has 1 aliphatic heterocycles. The number of hydrogen-bond acceptors (Lipinski definition) is 8. The molecule has 6 amide bonds. The highest BCUT2D eigenvalue weighted by atomic mass is 16.6. The summed E-state index contributed by atoms with van der Waals surface area (Å²) in [6.07, 6.45) is 3.78. The first kappa shape index (κ1) is 32.1. The predicted molar refractivity (Wildman–Crippen MR) is 130 cm³/mol. The molecule has 0 aromatic heterocycles. The van der Waals surface area contributed by atoms with Gasteiger partial charge in [0.05, 0.1) is 13.2 Å². The first-order valence-corrected chi connectivity index (χ1v) is 11.7. The summed E-state index contributed by atoms with van der Waals surface area (Å²) >= 11 is 0. The average molecular weight is 512 g/mol. The van der Waals surface area contributed by atoms with E-state index < -0.39 is 35.9 Å². The second-order valence-corrected chi connectivity index (χ2v) is 7.22. The van der Waals surface area contributed by atoms with Crippen molar-refractivity contribution < 1.29 is 38.2 Å². The second-order valence-electron chi connectivity index (χ2n) is 7.22. The van der Waals surface area contributed by atoms with Gasteiger partial charge in [0.1, 0.15) is 11.7 Å². The summed E-state index contributed by atoms with van der Waals surface area (Å²) < 4.78 is 9.55. The quantitative estimate of drug-likeness (QED) is 0.159. The standard InChI is InChI=1S/C15H29N3O5.C8H8N2O3/c1-4-10-16-13(19)12(18-15(21)23-6-3)9-7-8-11-17-14(20)22-5-2;1-5(8(13)9-2)10-6(11)3-4-7(10)12/h12H,4-11H2,1-3H3,(H,16,19)(H,17,20)(H,18,21);3-4H,1H2,2H3,(H,9,13). The van der Waals surface area contributed by atoms with Crippen LogP contribution >= 0.6 is 0 Å². The van der Waals surface area contributed by atoms with E-state index in [2.05, 4.69) is 27.8 Å². The molecule has 0 spiro atoms. The largest absolute Gasteiger partial charge is 0.450 e. The molecule has 13 heteroatoms. The second kappa shape index (κ2) is 18.4. The minimum absolute atomic E-state index is 0.164. The first-order chi connectivity index (χ1) is 17.1. The van der Waals surface area contributed by atoms with Crippen LogP contribution < -0.4 is 21.3 Å². The summed E-state index contributed by atoms with van der Waals surface area (Å²) in [5.74, 6) is -1.86. The van der Waals surface area contributed by atoms with Crippen LogP contribution in [0.25, 0.3) is 0 Å². The van der Waals surface area contributed by atoms with Gasteiger partial charge in [-0.25, -0.2) is 14.5 Å². The van der Waals surface area contributed by atoms with Crippen LogP contribution in [-0.2, 0) is 28.7 Å². The molecule has 202 valence electrons. The molecule has 1 rings (SSSR count). The third-order valence-electron chi connectivity index (χ3n) is 4.47. The Balaban J connectivity index is 0.000000790. The van der Waals surface area contributed by atoms with Gasteiger partial charge in [-0.1, -0.05) is 13.5 Å². The van der Waals surface area contributed by atoms with Crippen LogP contribution in [0.1, 0.15) is 46.5 Å². The minimum Gasteiger partial charge on any atom is -0.450 e. The van der Waals surface area contributed by atoms with Gasteiger partial charge >= 0.3 is 12.2 Å². The number of imide groups is 1. The van der Waals surface area contributed by atoms with Gasteiger partial charge in [-0.15, -0.1) is 0 Å². The van der Waals surface area contributed by atoms with Crippen molar-refractivity contribution in [1.29, 1.82) is 0 Å². The maximum Gasteiger partial charge on any atom is 0.407 e. The highest BCUT2D eigenvalue weighted by Gasteiger charge is 2.28. The van der Waals surface area contributed by atoms with Crippen molar-refractivity contribution in [1.82, 2.24) is 26.2 Å². The number of ether oxygens (including phenoxy) is 2. The van der Waals surface area contributed by atoms with Crippen molar-refractivity contribution in [3.05, 3.63) is 24.4 Å². The minimum atomic E-state index is -0.636. The molecule has 13 nitrogen and oxygen atoms in total. The summed E-state index contributed by atoms with van der Waals surface area (Å²) in [7, 11) is 1.39. The first-order valence-electron chi connectivity index (χ1n) is 11.7. The molecular formula is C23H37N5O8. The Morgan fingerprint density at radius 1 is 0.917 bits per heavy atom. The van der Waals surface area contributed by atoms with E-state index >= 15 is 0 Å². The Labute approximate surface area is 211 Å². The van der Waals surface area contributed by atoms with E-state index in [0.717, 1.165) is 23.5 Å². The number of alkyl carbamates (subject to hydrolysis) is 2. The lowest BCUT2D eigenvalue weighted by molar-refractivity contribution is -0.137. The van der Waals surface area contributed by atoms with Crippen LogP contribution in [0.2, 0.25) is 0 Å². The smallest absolute Gasteiger partial charge is 0.407 e. The topological polar surface area (TPSA) is 172 Å². The molecule has 0 saturated carbocycles. The third kappa shape index (κ3) is 12.5. The lowest BCUT2D eigenvalue weighted by Gasteiger charge is -2.18. The van der Waals surface area contributed by atoms with Crippen molar-refractivity contribution in [3.63, 3.8) is 0 Å². The van der Waals surface area contributed by atoms with Gasteiger partial charge in [0.25, 0.3) is 17.7 Å². The normalized spacial score (nSPS) is 12.6. The van der Waals surface area contributed by atoms with Crippen LogP contribution in [-0.4, -0.2) is 80.1 Å². The molecule has 1 heterocycles. The number of rotatable bonds is 13. The van der Waals surface area contributed by atoms with Crippen molar-refractivity contribution in [3.8, 4) is 0 Å². The number of unbranched alkanes of at least 4 members (excludes halogenated alkanes) is 1. The predicted octanol–water partition coefficient (Wildman–Crippen LogP) is 0.715. The van der Waals surface area contributed by atoms with Crippen LogP contribution in [0.3, 0.4) is 0 Å². The zero-order chi connectivity index (χ0) is 27.5. The molecule has 0 saturated heterocycles. The highest BCUT2D eigenvalue weighted by Crippen LogP contribution is 2.10. The fourth-order valence-electron chi connectivity index (χ4n) is 2.71. The Bertz CT molecular complexity index is 809. The molecule has 36 heavy (non-hydrogen) atoms. The fraction of sp³-hybridized carbons (Fsp3) is 0.565. The molecule has 0 aliphatic carbocycles. The van der Waals surface area contributed by atoms with Gasteiger partial charge in [-0.05, 0) is 39.5 Å². The Kier molecular flexibility index (Phi) is 16.4. The van der Waals surface area contributed by atoms with E-state index in [1.54, 1.807) is 13.8 Å². The van der Waals surface area contributed by atoms with E-state index in [1.165, 1.54) is 7.05 Å². The molecule has 0 fully saturated rings. The summed E-state index contributed by atoms with van der Waals surface area (Å²) in [6.45, 7) is 10.3. The van der Waals surface area contributed by atoms with Gasteiger partial charge in [-0.3, -0.25) is 19.2 Å². The zero-order valence-corrected chi connectivity index (χ0v) is 21.3. The third-order valence-corrected chi connectivity index (χ3v) is 4.47. The van der Waals surface area contributed by atoms with Crippen molar-refractivity contribution in [2.24, 2.45) is 0 Å². The van der Waals surface area contributed by atoms with Crippen molar-refractivity contribution in [2.75, 3.05) is 33.4 Å². The average Bonchev–Trinajstić information content (AvgIpc) is 3.18. The number of hydrogen-bond donors (Lipinski definition) is 4. The van der Waals surface area contributed by atoms with Crippen LogP contribution in [0.4, 0.5) is 9.59 Å². The number of carbonyl (C=O) groups excluding carboxylic acids is 6. The van der Waals surface area contributed by atoms with E-state index in [0.29, 0.717) is 39.0 Å². The van der Waals surface area contributed by atoms with E-state index in [1.807, 2.05) is 6.92 Å². The monoisotopic (exact) mass is 511 g/mol. The number of nitrogens with zero attached hydrogens (tertiary/aromatic N) is 1. The lowest BCUT2D eigenvalue weighted by atomic mass is 10.1. The zero-order valence-electron chi connectivity index (χ0n) is 21.3. The SMILES string of the molecule is C=C(C(=O)NC)N1C(=O)C=CC1=O.CCCNC(=O)C(CCCCNC(=O)OCC)NC(=O)OCC. The maximum absolute atomic E-state index is 12.0. The summed E-state index contributed by atoms with van der Waals surface area (Å²) in [5.41, 5.74) is -0.164. The van der Waals surface area contributed by atoms with Gasteiger partial charge < -0.3 is 30.7 Å². The van der Waals surface area contributed by atoms with Crippen LogP contribution in [0.15, 0.2) is 24.4 Å². The Morgan fingerprint density at radius 3 is 2.03 bits per heavy atom. The fourth-order valence-corrected chi connectivity index (χ4v) is 2.71. The van der Waals surface area contributed by atoms with Crippen LogP contribution in [0.5, 0.6) is 0 Å². The summed E-state index contributed by atoms with van der Waals surface area (Å²) in [4.78, 5) is 68.4. The molecule has 0 bridgehead atoms. The molecule has 0 aromatic rings. The van der Waals surface area contributed by atoms with Gasteiger partial charge in [0.2, 0.25) is 5.91 Å². The highest BCUT2D eigenvalue weighted by molar-refractivity contribution is 6.17. The molecule has 0 radical (unpaired) electrons. The van der Waals surface area contributed by atoms with Gasteiger partial charge in [0.15, 0.2) is 0 Å². The van der Waals surface area contributed by atoms with E-state index in [9.17, 15) is 28.8 Å². The maximum atomic E-state index is 12.0. The van der Waals surface area contributed by atoms with Crippen LogP contribution in [0, 0.1) is 0 Å². The number of likely N-dealkylation sites (N-methyl/N-ethyl adjacent to an activating group) is 1. The van der Waals surface area contributed by atoms with Crippen molar-refractivity contribution in [2.45, 2.75) is 52.5 Å². The van der Waals surface area contributed by atoms with E-state index in [4.69, 9.17) is 9.47 Å². The lowest BCUT2D eigenvalue weighted by Crippen LogP contribution is -2.47. The number of amides is 6. The number of nitrogens with one attached hydrogen (secondary N) is 4. The van der Waals surface area contributed by atoms with Crippen molar-refractivity contribution >= 4 is 35.8 Å². The molecule has 4 N–H and O–H groups in total. The van der Waals surface area contributed by atoms with Gasteiger partial charge in [0, 0.05) is 32.3 Å². The summed E-state index contributed by atoms with van der Waals surface area (Å²) in [5, 5.41) is 10.2. The molecular weight excluding hydrogens is 474 g/mol. The Hall–Kier alpha value is -3.90. The van der Waals surface area contributed by atoms with Gasteiger partial charge in [-0.2, -0.15) is 0 Å². The molecule has 0 aromatic carbocycles. The summed E-state index contributed by atoms with van der Waals surface area (Å²) in [6, 6.07) is -0.636. The van der Waals surface area contributed by atoms with E-state index in [-0.39, 0.29) is 18.2 Å².